The van der Waals surface area contributed by atoms with E-state index in [2.05, 4.69) is 30.0 Å². The molecule has 0 aliphatic heterocycles. The first-order valence-corrected chi connectivity index (χ1v) is 9.49. The second-order valence-electron chi connectivity index (χ2n) is 7.06. The van der Waals surface area contributed by atoms with Gasteiger partial charge in [-0.25, -0.2) is 0 Å². The molecule has 28 heavy (non-hydrogen) atoms. The van der Waals surface area contributed by atoms with Crippen molar-refractivity contribution in [3.63, 3.8) is 0 Å². The van der Waals surface area contributed by atoms with Gasteiger partial charge in [-0.3, -0.25) is 0 Å². The monoisotopic (exact) mass is 373 g/mol. The number of hydrogen-bond donors (Lipinski definition) is 1. The largest absolute Gasteiger partial charge is 0.508 e. The van der Waals surface area contributed by atoms with Crippen molar-refractivity contribution in [1.82, 2.24) is 4.90 Å². The molecule has 3 heteroatoms. The van der Waals surface area contributed by atoms with Crippen LogP contribution in [0.4, 0.5) is 0 Å². The Hall–Kier alpha value is -3.04. The predicted octanol–water partition coefficient (Wildman–Crippen LogP) is 5.31. The molecule has 3 aromatic rings. The summed E-state index contributed by atoms with van der Waals surface area (Å²) < 4.78 is 6.13. The summed E-state index contributed by atoms with van der Waals surface area (Å²) in [5.41, 5.74) is 5.52. The maximum atomic E-state index is 9.74. The van der Waals surface area contributed by atoms with Crippen molar-refractivity contribution in [3.05, 3.63) is 95.6 Å². The zero-order valence-corrected chi connectivity index (χ0v) is 16.7. The minimum Gasteiger partial charge on any atom is -0.508 e. The molecule has 0 aromatic heterocycles. The lowest BCUT2D eigenvalue weighted by Crippen LogP contribution is -2.19. The van der Waals surface area contributed by atoms with Crippen LogP contribution < -0.4 is 4.74 Å². The number of nitrogens with zero attached hydrogens (tertiary/aromatic N) is 1. The van der Waals surface area contributed by atoms with Gasteiger partial charge in [0.2, 0.25) is 0 Å². The molecule has 0 radical (unpaired) electrons. The van der Waals surface area contributed by atoms with Gasteiger partial charge >= 0.3 is 0 Å². The molecular weight excluding hydrogens is 346 g/mol. The van der Waals surface area contributed by atoms with E-state index in [0.29, 0.717) is 6.61 Å². The number of ether oxygens (including phenoxy) is 1. The molecule has 0 amide bonds. The molecule has 144 valence electrons. The number of hydrogen-bond acceptors (Lipinski definition) is 3. The van der Waals surface area contributed by atoms with Gasteiger partial charge in [0.05, 0.1) is 0 Å². The molecule has 0 bridgehead atoms. The number of phenolic OH excluding ortho intramolecular Hbond substituents is 1. The molecule has 3 aromatic carbocycles. The Morgan fingerprint density at radius 2 is 1.46 bits per heavy atom. The van der Waals surface area contributed by atoms with Gasteiger partial charge in [-0.05, 0) is 61.5 Å². The standard InChI is InChI=1S/C25H27NO2/c1-19(20-9-5-4-6-10-20)25(21-13-15-22(27)16-14-21)23-11-7-8-12-24(23)28-18-17-26(2)3/h4-16,27H,17-18H2,1-3H3/b25-19+. The number of likely N-dealkylation sites (N-methyl/N-ethyl adjacent to an activating group) is 1. The Morgan fingerprint density at radius 1 is 0.821 bits per heavy atom. The molecule has 0 heterocycles. The Balaban J connectivity index is 2.12. The van der Waals surface area contributed by atoms with Crippen molar-refractivity contribution in [2.24, 2.45) is 0 Å². The third-order valence-corrected chi connectivity index (χ3v) is 4.69. The lowest BCUT2D eigenvalue weighted by atomic mass is 9.90. The maximum absolute atomic E-state index is 9.74. The van der Waals surface area contributed by atoms with E-state index in [1.54, 1.807) is 12.1 Å². The van der Waals surface area contributed by atoms with Crippen LogP contribution in [0, 0.1) is 0 Å². The molecule has 3 nitrogen and oxygen atoms in total. The van der Waals surface area contributed by atoms with Crippen LogP contribution in [0.15, 0.2) is 78.9 Å². The minimum atomic E-state index is 0.260. The van der Waals surface area contributed by atoms with E-state index >= 15 is 0 Å². The van der Waals surface area contributed by atoms with Gasteiger partial charge in [-0.1, -0.05) is 60.7 Å². The van der Waals surface area contributed by atoms with Gasteiger partial charge in [0.15, 0.2) is 0 Å². The highest BCUT2D eigenvalue weighted by Crippen LogP contribution is 2.37. The van der Waals surface area contributed by atoms with Crippen LogP contribution in [0.25, 0.3) is 11.1 Å². The molecular formula is C25H27NO2. The van der Waals surface area contributed by atoms with Crippen LogP contribution in [-0.4, -0.2) is 37.3 Å². The zero-order valence-electron chi connectivity index (χ0n) is 16.7. The lowest BCUT2D eigenvalue weighted by Gasteiger charge is -2.19. The quantitative estimate of drug-likeness (QED) is 0.570. The summed E-state index contributed by atoms with van der Waals surface area (Å²) in [6.45, 7) is 3.61. The highest BCUT2D eigenvalue weighted by molar-refractivity contribution is 5.99. The van der Waals surface area contributed by atoms with Crippen molar-refractivity contribution >= 4 is 11.1 Å². The molecule has 0 saturated carbocycles. The van der Waals surface area contributed by atoms with Gasteiger partial charge in [0, 0.05) is 12.1 Å². The van der Waals surface area contributed by atoms with E-state index in [-0.39, 0.29) is 5.75 Å². The summed E-state index contributed by atoms with van der Waals surface area (Å²) in [6, 6.07) is 25.9. The second kappa shape index (κ2) is 9.25. The fourth-order valence-electron chi connectivity index (χ4n) is 3.17. The van der Waals surface area contributed by atoms with E-state index < -0.39 is 0 Å². The third kappa shape index (κ3) is 4.81. The van der Waals surface area contributed by atoms with Crippen molar-refractivity contribution in [2.45, 2.75) is 6.92 Å². The smallest absolute Gasteiger partial charge is 0.127 e. The summed E-state index contributed by atoms with van der Waals surface area (Å²) in [5, 5.41) is 9.74. The fourth-order valence-corrected chi connectivity index (χ4v) is 3.17. The second-order valence-corrected chi connectivity index (χ2v) is 7.06. The lowest BCUT2D eigenvalue weighted by molar-refractivity contribution is 0.261. The highest BCUT2D eigenvalue weighted by atomic mass is 16.5. The van der Waals surface area contributed by atoms with E-state index in [1.807, 2.05) is 62.6 Å². The minimum absolute atomic E-state index is 0.260. The first-order chi connectivity index (χ1) is 13.6. The average Bonchev–Trinajstić information content (AvgIpc) is 2.71. The van der Waals surface area contributed by atoms with Crippen molar-refractivity contribution in [3.8, 4) is 11.5 Å². The van der Waals surface area contributed by atoms with E-state index in [0.717, 1.165) is 40.1 Å². The number of benzene rings is 3. The summed E-state index contributed by atoms with van der Waals surface area (Å²) in [4.78, 5) is 2.11. The van der Waals surface area contributed by atoms with Gasteiger partial charge in [0.1, 0.15) is 18.1 Å². The van der Waals surface area contributed by atoms with Crippen molar-refractivity contribution in [2.75, 3.05) is 27.2 Å². The molecule has 0 spiro atoms. The van der Waals surface area contributed by atoms with Crippen LogP contribution in [-0.2, 0) is 0 Å². The molecule has 0 saturated heterocycles. The van der Waals surface area contributed by atoms with Gasteiger partial charge in [0.25, 0.3) is 0 Å². The maximum Gasteiger partial charge on any atom is 0.127 e. The summed E-state index contributed by atoms with van der Waals surface area (Å²) in [6.07, 6.45) is 0. The molecule has 0 unspecified atom stereocenters. The Labute approximate surface area is 167 Å². The molecule has 0 atom stereocenters. The van der Waals surface area contributed by atoms with Crippen molar-refractivity contribution < 1.29 is 9.84 Å². The van der Waals surface area contributed by atoms with Gasteiger partial charge in [-0.15, -0.1) is 0 Å². The molecule has 0 fully saturated rings. The summed E-state index contributed by atoms with van der Waals surface area (Å²) in [5.74, 6) is 1.12. The number of phenols is 1. The highest BCUT2D eigenvalue weighted by Gasteiger charge is 2.15. The van der Waals surface area contributed by atoms with Crippen LogP contribution in [0.3, 0.4) is 0 Å². The number of rotatable bonds is 7. The molecule has 0 aliphatic carbocycles. The van der Waals surface area contributed by atoms with E-state index in [9.17, 15) is 5.11 Å². The fraction of sp³-hybridized carbons (Fsp3) is 0.200. The molecule has 0 aliphatic rings. The van der Waals surface area contributed by atoms with Crippen LogP contribution >= 0.6 is 0 Å². The van der Waals surface area contributed by atoms with Crippen molar-refractivity contribution in [1.29, 1.82) is 0 Å². The molecule has 1 N–H and O–H groups in total. The first-order valence-electron chi connectivity index (χ1n) is 9.49. The Kier molecular flexibility index (Phi) is 6.51. The van der Waals surface area contributed by atoms with Crippen LogP contribution in [0.2, 0.25) is 0 Å². The summed E-state index contributed by atoms with van der Waals surface area (Å²) in [7, 11) is 4.08. The first kappa shape index (κ1) is 19.7. The van der Waals surface area contributed by atoms with E-state index in [1.165, 1.54) is 0 Å². The zero-order chi connectivity index (χ0) is 19.9. The van der Waals surface area contributed by atoms with Gasteiger partial charge < -0.3 is 14.7 Å². The number of para-hydroxylation sites is 1. The summed E-state index contributed by atoms with van der Waals surface area (Å²) >= 11 is 0. The van der Waals surface area contributed by atoms with Crippen LogP contribution in [0.1, 0.15) is 23.6 Å². The average molecular weight is 373 g/mol. The normalized spacial score (nSPS) is 12.0. The van der Waals surface area contributed by atoms with E-state index in [4.69, 9.17) is 4.74 Å². The predicted molar refractivity (Wildman–Crippen MR) is 117 cm³/mol. The molecule has 3 rings (SSSR count). The number of aromatic hydroxyl groups is 1. The Morgan fingerprint density at radius 3 is 2.14 bits per heavy atom. The number of allylic oxidation sites excluding steroid dienone is 1. The Bertz CT molecular complexity index is 928. The SMILES string of the molecule is C/C(=C(/c1ccc(O)cc1)c1ccccc1OCCN(C)C)c1ccccc1. The van der Waals surface area contributed by atoms with Crippen LogP contribution in [0.5, 0.6) is 11.5 Å². The third-order valence-electron chi connectivity index (χ3n) is 4.69. The topological polar surface area (TPSA) is 32.7 Å². The van der Waals surface area contributed by atoms with Gasteiger partial charge in [-0.2, -0.15) is 0 Å².